The van der Waals surface area contributed by atoms with Gasteiger partial charge in [0.2, 0.25) is 0 Å². The van der Waals surface area contributed by atoms with Crippen LogP contribution in [-0.4, -0.2) is 57.2 Å². The van der Waals surface area contributed by atoms with Crippen LogP contribution in [0, 0.1) is 0 Å². The second kappa shape index (κ2) is 11.8. The van der Waals surface area contributed by atoms with Crippen molar-refractivity contribution >= 4 is 39.8 Å². The number of halogens is 1. The fourth-order valence-corrected chi connectivity index (χ4v) is 2.85. The number of sulfone groups is 1. The molecule has 0 fully saturated rings. The van der Waals surface area contributed by atoms with E-state index in [0.29, 0.717) is 24.9 Å². The van der Waals surface area contributed by atoms with Gasteiger partial charge in [-0.25, -0.2) is 8.42 Å². The predicted octanol–water partition coefficient (Wildman–Crippen LogP) is 1.54. The van der Waals surface area contributed by atoms with Gasteiger partial charge >= 0.3 is 0 Å². The summed E-state index contributed by atoms with van der Waals surface area (Å²) in [6, 6.07) is 8.29. The minimum absolute atomic E-state index is 0. The van der Waals surface area contributed by atoms with E-state index in [-0.39, 0.29) is 28.9 Å². The number of hydrogen-bond acceptors (Lipinski definition) is 5. The van der Waals surface area contributed by atoms with Crippen LogP contribution in [0.1, 0.15) is 6.42 Å². The van der Waals surface area contributed by atoms with Crippen molar-refractivity contribution in [2.45, 2.75) is 17.9 Å². The molecule has 2 rings (SSSR count). The first kappa shape index (κ1) is 23.2. The van der Waals surface area contributed by atoms with E-state index in [1.165, 1.54) is 18.4 Å². The summed E-state index contributed by atoms with van der Waals surface area (Å²) in [5, 5.41) is 10.5. The number of benzene rings is 1. The Kier molecular flexibility index (Phi) is 10.1. The molecule has 1 aromatic carbocycles. The molecule has 2 N–H and O–H groups in total. The van der Waals surface area contributed by atoms with E-state index >= 15 is 0 Å². The van der Waals surface area contributed by atoms with E-state index in [4.69, 9.17) is 4.74 Å². The third-order valence-electron chi connectivity index (χ3n) is 3.55. The van der Waals surface area contributed by atoms with E-state index in [9.17, 15) is 8.42 Å². The molecule has 150 valence electrons. The molecule has 0 amide bonds. The first-order chi connectivity index (χ1) is 12.5. The average molecular weight is 507 g/mol. The highest BCUT2D eigenvalue weighted by atomic mass is 127. The number of ether oxygens (including phenoxy) is 1. The molecule has 0 aliphatic heterocycles. The van der Waals surface area contributed by atoms with E-state index in [0.717, 1.165) is 19.5 Å². The van der Waals surface area contributed by atoms with Crippen LogP contribution in [0.3, 0.4) is 0 Å². The van der Waals surface area contributed by atoms with Gasteiger partial charge in [0.1, 0.15) is 12.4 Å². The summed E-state index contributed by atoms with van der Waals surface area (Å²) in [4.78, 5) is 4.44. The monoisotopic (exact) mass is 507 g/mol. The SMILES string of the molecule is CN=C(NCCCn1cccn1)NCCOc1ccc(S(C)(=O)=O)cc1.I. The van der Waals surface area contributed by atoms with Crippen LogP contribution >= 0.6 is 24.0 Å². The van der Waals surface area contributed by atoms with Gasteiger partial charge in [0.15, 0.2) is 15.8 Å². The van der Waals surface area contributed by atoms with E-state index in [1.807, 2.05) is 16.9 Å². The van der Waals surface area contributed by atoms with Crippen LogP contribution in [-0.2, 0) is 16.4 Å². The number of nitrogens with one attached hydrogen (secondary N) is 2. The van der Waals surface area contributed by atoms with E-state index < -0.39 is 9.84 Å². The lowest BCUT2D eigenvalue weighted by Crippen LogP contribution is -2.39. The van der Waals surface area contributed by atoms with Crippen molar-refractivity contribution in [3.8, 4) is 5.75 Å². The van der Waals surface area contributed by atoms with Gasteiger partial charge in [0.05, 0.1) is 11.4 Å². The lowest BCUT2D eigenvalue weighted by Gasteiger charge is -2.12. The van der Waals surface area contributed by atoms with Crippen LogP contribution in [0.5, 0.6) is 5.75 Å². The molecule has 0 atom stereocenters. The van der Waals surface area contributed by atoms with Crippen LogP contribution in [0.2, 0.25) is 0 Å². The molecule has 0 unspecified atom stereocenters. The predicted molar refractivity (Wildman–Crippen MR) is 117 cm³/mol. The largest absolute Gasteiger partial charge is 0.492 e. The highest BCUT2D eigenvalue weighted by Gasteiger charge is 2.06. The first-order valence-electron chi connectivity index (χ1n) is 8.34. The quantitative estimate of drug-likeness (QED) is 0.231. The molecular weight excluding hydrogens is 481 g/mol. The molecular formula is C17H26IN5O3S. The zero-order chi connectivity index (χ0) is 18.8. The molecule has 1 heterocycles. The molecule has 1 aromatic heterocycles. The maximum absolute atomic E-state index is 11.4. The van der Waals surface area contributed by atoms with Crippen molar-refractivity contribution < 1.29 is 13.2 Å². The first-order valence-corrected chi connectivity index (χ1v) is 10.2. The highest BCUT2D eigenvalue weighted by molar-refractivity contribution is 14.0. The zero-order valence-electron chi connectivity index (χ0n) is 15.5. The maximum atomic E-state index is 11.4. The van der Waals surface area contributed by atoms with Crippen LogP contribution in [0.15, 0.2) is 52.6 Å². The molecule has 0 saturated carbocycles. The van der Waals surface area contributed by atoms with Crippen LogP contribution in [0.25, 0.3) is 0 Å². The van der Waals surface area contributed by atoms with Gasteiger partial charge in [-0.05, 0) is 36.8 Å². The summed E-state index contributed by atoms with van der Waals surface area (Å²) in [5.74, 6) is 1.34. The van der Waals surface area contributed by atoms with Crippen LogP contribution < -0.4 is 15.4 Å². The van der Waals surface area contributed by atoms with Crippen molar-refractivity contribution in [1.82, 2.24) is 20.4 Å². The second-order valence-corrected chi connectivity index (χ2v) is 7.66. The third kappa shape index (κ3) is 8.61. The number of aryl methyl sites for hydroxylation is 1. The van der Waals surface area contributed by atoms with E-state index in [2.05, 4.69) is 20.7 Å². The van der Waals surface area contributed by atoms with Crippen molar-refractivity contribution in [2.24, 2.45) is 4.99 Å². The molecule has 0 saturated heterocycles. The summed E-state index contributed by atoms with van der Waals surface area (Å²) in [5.41, 5.74) is 0. The molecule has 2 aromatic rings. The Morgan fingerprint density at radius 3 is 2.52 bits per heavy atom. The summed E-state index contributed by atoms with van der Waals surface area (Å²) >= 11 is 0. The molecule has 0 aliphatic carbocycles. The number of rotatable bonds is 9. The lowest BCUT2D eigenvalue weighted by molar-refractivity contribution is 0.321. The van der Waals surface area contributed by atoms with Crippen molar-refractivity contribution in [3.63, 3.8) is 0 Å². The van der Waals surface area contributed by atoms with Gasteiger partial charge in [-0.2, -0.15) is 5.10 Å². The summed E-state index contributed by atoms with van der Waals surface area (Å²) in [6.45, 7) is 2.65. The Morgan fingerprint density at radius 2 is 1.93 bits per heavy atom. The number of nitrogens with zero attached hydrogens (tertiary/aromatic N) is 3. The number of hydrogen-bond donors (Lipinski definition) is 2. The second-order valence-electron chi connectivity index (χ2n) is 5.64. The summed E-state index contributed by atoms with van der Waals surface area (Å²) < 4.78 is 30.3. The molecule has 10 heteroatoms. The third-order valence-corrected chi connectivity index (χ3v) is 4.68. The Morgan fingerprint density at radius 1 is 1.22 bits per heavy atom. The number of aliphatic imine (C=N–C) groups is 1. The highest BCUT2D eigenvalue weighted by Crippen LogP contribution is 2.15. The van der Waals surface area contributed by atoms with Crippen molar-refractivity contribution in [2.75, 3.05) is 33.0 Å². The molecule has 27 heavy (non-hydrogen) atoms. The minimum atomic E-state index is -3.18. The Labute approximate surface area is 177 Å². The summed E-state index contributed by atoms with van der Waals surface area (Å²) in [7, 11) is -1.47. The molecule has 0 spiro atoms. The summed E-state index contributed by atoms with van der Waals surface area (Å²) in [6.07, 6.45) is 5.82. The smallest absolute Gasteiger partial charge is 0.191 e. The van der Waals surface area contributed by atoms with Gasteiger partial charge in [-0.1, -0.05) is 0 Å². The minimum Gasteiger partial charge on any atom is -0.492 e. The Hall–Kier alpha value is -1.82. The van der Waals surface area contributed by atoms with Gasteiger partial charge in [0, 0.05) is 38.8 Å². The van der Waals surface area contributed by atoms with Gasteiger partial charge < -0.3 is 15.4 Å². The Balaban J connectivity index is 0.00000364. The standard InChI is InChI=1S/C17H25N5O3S.HI/c1-18-17(19-9-3-12-22-13-4-10-21-22)20-11-14-25-15-5-7-16(8-6-15)26(2,23)24;/h4-8,10,13H,3,9,11-12,14H2,1-2H3,(H2,18,19,20);1H. The van der Waals surface area contributed by atoms with Crippen LogP contribution in [0.4, 0.5) is 0 Å². The molecule has 0 aliphatic rings. The average Bonchev–Trinajstić information content (AvgIpc) is 3.13. The fourth-order valence-electron chi connectivity index (χ4n) is 2.22. The normalized spacial score (nSPS) is 11.6. The fraction of sp³-hybridized carbons (Fsp3) is 0.412. The Bertz CT molecular complexity index is 792. The zero-order valence-corrected chi connectivity index (χ0v) is 18.6. The van der Waals surface area contributed by atoms with Gasteiger partial charge in [0.25, 0.3) is 0 Å². The lowest BCUT2D eigenvalue weighted by atomic mass is 10.3. The maximum Gasteiger partial charge on any atom is 0.191 e. The number of guanidine groups is 1. The molecule has 0 bridgehead atoms. The van der Waals surface area contributed by atoms with E-state index in [1.54, 1.807) is 25.4 Å². The molecule has 0 radical (unpaired) electrons. The topological polar surface area (TPSA) is 97.6 Å². The molecule has 8 nitrogen and oxygen atoms in total. The van der Waals surface area contributed by atoms with Gasteiger partial charge in [-0.3, -0.25) is 9.67 Å². The number of aromatic nitrogens is 2. The van der Waals surface area contributed by atoms with Gasteiger partial charge in [-0.15, -0.1) is 24.0 Å². The van der Waals surface area contributed by atoms with Crippen molar-refractivity contribution in [1.29, 1.82) is 0 Å². The van der Waals surface area contributed by atoms with Crippen molar-refractivity contribution in [3.05, 3.63) is 42.7 Å².